The fourth-order valence-electron chi connectivity index (χ4n) is 5.13. The van der Waals surface area contributed by atoms with E-state index in [0.29, 0.717) is 41.0 Å². The van der Waals surface area contributed by atoms with E-state index < -0.39 is 6.04 Å². The monoisotopic (exact) mass is 483 g/mol. The minimum atomic E-state index is -0.519. The summed E-state index contributed by atoms with van der Waals surface area (Å²) in [6.45, 7) is 6.28. The van der Waals surface area contributed by atoms with Crippen LogP contribution in [0.2, 0.25) is 0 Å². The molecule has 184 valence electrons. The van der Waals surface area contributed by atoms with Crippen molar-refractivity contribution in [1.82, 2.24) is 4.90 Å². The standard InChI is InChI=1S/C30H29NO5/c1-17-6-9-21(10-7-17)27-26-28(32)25-19(3)14-18(2)15-24(25)36-29(26)30(33)31(27)13-12-20-8-11-22(34-4)23(16-20)35-5/h6-11,14-16,27H,12-13H2,1-5H3. The highest BCUT2D eigenvalue weighted by Crippen LogP contribution is 2.39. The smallest absolute Gasteiger partial charge is 0.290 e. The number of fused-ring (bicyclic) bond motifs is 2. The Bertz CT molecular complexity index is 1530. The highest BCUT2D eigenvalue weighted by molar-refractivity contribution is 5.99. The molecule has 3 aromatic carbocycles. The third-order valence-corrected chi connectivity index (χ3v) is 6.89. The van der Waals surface area contributed by atoms with Gasteiger partial charge in [-0.15, -0.1) is 0 Å². The number of carbonyl (C=O) groups is 1. The van der Waals surface area contributed by atoms with Gasteiger partial charge in [0.25, 0.3) is 5.91 Å². The molecule has 0 bridgehead atoms. The summed E-state index contributed by atoms with van der Waals surface area (Å²) in [5, 5.41) is 0.533. The second kappa shape index (κ2) is 9.19. The van der Waals surface area contributed by atoms with Gasteiger partial charge in [0.1, 0.15) is 5.58 Å². The lowest BCUT2D eigenvalue weighted by Crippen LogP contribution is -2.31. The van der Waals surface area contributed by atoms with Gasteiger partial charge < -0.3 is 18.8 Å². The van der Waals surface area contributed by atoms with Crippen molar-refractivity contribution >= 4 is 16.9 Å². The second-order valence-corrected chi connectivity index (χ2v) is 9.38. The average Bonchev–Trinajstić information content (AvgIpc) is 3.14. The first-order valence-electron chi connectivity index (χ1n) is 12.0. The van der Waals surface area contributed by atoms with E-state index in [4.69, 9.17) is 13.9 Å². The van der Waals surface area contributed by atoms with Gasteiger partial charge in [-0.1, -0.05) is 42.0 Å². The van der Waals surface area contributed by atoms with Crippen LogP contribution in [0.3, 0.4) is 0 Å². The third kappa shape index (κ3) is 3.92. The second-order valence-electron chi connectivity index (χ2n) is 9.38. The first-order valence-corrected chi connectivity index (χ1v) is 12.0. The van der Waals surface area contributed by atoms with Crippen LogP contribution in [-0.4, -0.2) is 31.6 Å². The summed E-state index contributed by atoms with van der Waals surface area (Å²) in [6.07, 6.45) is 0.578. The lowest BCUT2D eigenvalue weighted by molar-refractivity contribution is 0.0730. The number of benzene rings is 3. The van der Waals surface area contributed by atoms with Crippen molar-refractivity contribution in [2.75, 3.05) is 20.8 Å². The normalized spacial score (nSPS) is 14.9. The Morgan fingerprint density at radius 1 is 0.861 bits per heavy atom. The van der Waals surface area contributed by atoms with Gasteiger partial charge in [0, 0.05) is 6.54 Å². The van der Waals surface area contributed by atoms with Crippen LogP contribution in [0.1, 0.15) is 50.0 Å². The molecule has 0 saturated heterocycles. The predicted molar refractivity (Wildman–Crippen MR) is 139 cm³/mol. The van der Waals surface area contributed by atoms with Gasteiger partial charge >= 0.3 is 0 Å². The molecule has 1 atom stereocenters. The number of hydrogen-bond acceptors (Lipinski definition) is 5. The number of amides is 1. The quantitative estimate of drug-likeness (QED) is 0.361. The summed E-state index contributed by atoms with van der Waals surface area (Å²) in [5.41, 5.74) is 5.54. The van der Waals surface area contributed by atoms with Crippen molar-refractivity contribution in [2.45, 2.75) is 33.2 Å². The average molecular weight is 484 g/mol. The molecule has 1 aliphatic rings. The van der Waals surface area contributed by atoms with Crippen molar-refractivity contribution in [2.24, 2.45) is 0 Å². The number of ether oxygens (including phenoxy) is 2. The molecular weight excluding hydrogens is 454 g/mol. The van der Waals surface area contributed by atoms with Crippen molar-refractivity contribution in [3.8, 4) is 11.5 Å². The SMILES string of the molecule is COc1ccc(CCN2C(=O)c3oc4cc(C)cc(C)c4c(=O)c3C2c2ccc(C)cc2)cc1OC. The van der Waals surface area contributed by atoms with E-state index >= 15 is 0 Å². The van der Waals surface area contributed by atoms with E-state index in [1.807, 2.05) is 75.4 Å². The number of nitrogens with zero attached hydrogens (tertiary/aromatic N) is 1. The predicted octanol–water partition coefficient (Wildman–Crippen LogP) is 5.52. The molecule has 2 heterocycles. The van der Waals surface area contributed by atoms with Gasteiger partial charge in [-0.05, 0) is 67.6 Å². The van der Waals surface area contributed by atoms with Gasteiger partial charge in [0.2, 0.25) is 5.76 Å². The summed E-state index contributed by atoms with van der Waals surface area (Å²) in [4.78, 5) is 29.3. The molecule has 0 N–H and O–H groups in total. The number of aryl methyl sites for hydroxylation is 3. The van der Waals surface area contributed by atoms with E-state index in [1.165, 1.54) is 0 Å². The molecule has 1 unspecified atom stereocenters. The Kier molecular flexibility index (Phi) is 6.04. The summed E-state index contributed by atoms with van der Waals surface area (Å²) >= 11 is 0. The maximum Gasteiger partial charge on any atom is 0.290 e. The summed E-state index contributed by atoms with van der Waals surface area (Å²) in [6, 6.07) is 17.0. The maximum atomic E-state index is 13.9. The third-order valence-electron chi connectivity index (χ3n) is 6.89. The van der Waals surface area contributed by atoms with E-state index in [0.717, 1.165) is 27.8 Å². The molecule has 4 aromatic rings. The fourth-order valence-corrected chi connectivity index (χ4v) is 5.13. The van der Waals surface area contributed by atoms with Crippen LogP contribution in [0.15, 0.2) is 63.8 Å². The Morgan fingerprint density at radius 3 is 2.28 bits per heavy atom. The number of methoxy groups -OCH3 is 2. The zero-order valence-corrected chi connectivity index (χ0v) is 21.2. The van der Waals surface area contributed by atoms with Crippen LogP contribution in [0, 0.1) is 20.8 Å². The number of hydrogen-bond donors (Lipinski definition) is 0. The molecule has 6 nitrogen and oxygen atoms in total. The molecule has 0 fully saturated rings. The lowest BCUT2D eigenvalue weighted by atomic mass is 9.96. The van der Waals surface area contributed by atoms with Gasteiger partial charge in [-0.3, -0.25) is 9.59 Å². The van der Waals surface area contributed by atoms with Crippen LogP contribution in [0.5, 0.6) is 11.5 Å². The zero-order chi connectivity index (χ0) is 25.6. The molecule has 0 spiro atoms. The minimum absolute atomic E-state index is 0.135. The Hall–Kier alpha value is -4.06. The fraction of sp³-hybridized carbons (Fsp3) is 0.267. The van der Waals surface area contributed by atoms with E-state index in [1.54, 1.807) is 19.1 Å². The van der Waals surface area contributed by atoms with Gasteiger partial charge in [0.15, 0.2) is 16.9 Å². The van der Waals surface area contributed by atoms with E-state index in [9.17, 15) is 9.59 Å². The van der Waals surface area contributed by atoms with Gasteiger partial charge in [0.05, 0.1) is 31.2 Å². The maximum absolute atomic E-state index is 13.9. The molecule has 36 heavy (non-hydrogen) atoms. The molecule has 1 aromatic heterocycles. The van der Waals surface area contributed by atoms with Crippen LogP contribution < -0.4 is 14.9 Å². The van der Waals surface area contributed by atoms with Gasteiger partial charge in [-0.25, -0.2) is 0 Å². The molecule has 6 heteroatoms. The number of rotatable bonds is 6. The van der Waals surface area contributed by atoms with Crippen molar-refractivity contribution in [3.63, 3.8) is 0 Å². The van der Waals surface area contributed by atoms with Crippen LogP contribution >= 0.6 is 0 Å². The first-order chi connectivity index (χ1) is 17.3. The largest absolute Gasteiger partial charge is 0.493 e. The van der Waals surface area contributed by atoms with Crippen LogP contribution in [0.25, 0.3) is 11.0 Å². The minimum Gasteiger partial charge on any atom is -0.493 e. The van der Waals surface area contributed by atoms with Crippen LogP contribution in [0.4, 0.5) is 0 Å². The molecule has 1 amide bonds. The summed E-state index contributed by atoms with van der Waals surface area (Å²) < 4.78 is 16.9. The van der Waals surface area contributed by atoms with E-state index in [2.05, 4.69) is 0 Å². The molecule has 5 rings (SSSR count). The van der Waals surface area contributed by atoms with E-state index in [-0.39, 0.29) is 17.1 Å². The Labute approximate surface area is 210 Å². The number of carbonyl (C=O) groups excluding carboxylic acids is 1. The summed E-state index contributed by atoms with van der Waals surface area (Å²) in [7, 11) is 3.20. The molecule has 1 aliphatic heterocycles. The zero-order valence-electron chi connectivity index (χ0n) is 21.2. The Balaban J connectivity index is 1.61. The lowest BCUT2D eigenvalue weighted by Gasteiger charge is -2.25. The molecule has 0 saturated carbocycles. The highest BCUT2D eigenvalue weighted by atomic mass is 16.5. The highest BCUT2D eigenvalue weighted by Gasteiger charge is 2.42. The van der Waals surface area contributed by atoms with Gasteiger partial charge in [-0.2, -0.15) is 0 Å². The Morgan fingerprint density at radius 2 is 1.58 bits per heavy atom. The van der Waals surface area contributed by atoms with Crippen molar-refractivity contribution in [3.05, 3.63) is 104 Å². The topological polar surface area (TPSA) is 69.0 Å². The molecule has 0 aliphatic carbocycles. The van der Waals surface area contributed by atoms with Crippen LogP contribution in [-0.2, 0) is 6.42 Å². The molecule has 0 radical (unpaired) electrons. The molecular formula is C30H29NO5. The first kappa shape index (κ1) is 23.7. The van der Waals surface area contributed by atoms with Crippen molar-refractivity contribution in [1.29, 1.82) is 0 Å². The summed E-state index contributed by atoms with van der Waals surface area (Å²) in [5.74, 6) is 1.15. The van der Waals surface area contributed by atoms with Crippen molar-refractivity contribution < 1.29 is 18.7 Å².